The lowest BCUT2D eigenvalue weighted by Gasteiger charge is -2.34. The normalized spacial score (nSPS) is 14.8. The fraction of sp³-hybridized carbons (Fsp3) is 0.471. The molecule has 1 aromatic carbocycles. The summed E-state index contributed by atoms with van der Waals surface area (Å²) in [6.45, 7) is 2.93. The van der Waals surface area contributed by atoms with Gasteiger partial charge in [0, 0.05) is 56.4 Å². The van der Waals surface area contributed by atoms with Crippen molar-refractivity contribution in [1.29, 1.82) is 0 Å². The molecular formula is C17H20ClFN4OS. The van der Waals surface area contributed by atoms with E-state index in [1.54, 1.807) is 12.1 Å². The van der Waals surface area contributed by atoms with Crippen molar-refractivity contribution in [2.45, 2.75) is 19.3 Å². The number of hydrogen-bond acceptors (Lipinski definition) is 5. The zero-order valence-electron chi connectivity index (χ0n) is 13.8. The number of halogens is 2. The minimum Gasteiger partial charge on any atom is -0.343 e. The molecule has 0 aliphatic carbocycles. The van der Waals surface area contributed by atoms with Gasteiger partial charge < -0.3 is 9.80 Å². The molecule has 0 unspecified atom stereocenters. The van der Waals surface area contributed by atoms with E-state index < -0.39 is 0 Å². The van der Waals surface area contributed by atoms with Gasteiger partial charge in [0.2, 0.25) is 11.0 Å². The molecule has 0 radical (unpaired) electrons. The maximum atomic E-state index is 13.0. The number of rotatable bonds is 6. The number of amides is 1. The average Bonchev–Trinajstić information content (AvgIpc) is 3.10. The number of carbonyl (C=O) groups is 1. The number of carbonyl (C=O) groups excluding carboxylic acids is 1. The molecule has 8 heteroatoms. The summed E-state index contributed by atoms with van der Waals surface area (Å²) in [5.74, 6) is 1.20. The molecule has 2 heterocycles. The summed E-state index contributed by atoms with van der Waals surface area (Å²) in [7, 11) is 0. The first-order valence-corrected chi connectivity index (χ1v) is 9.62. The summed E-state index contributed by atoms with van der Waals surface area (Å²) in [6.07, 6.45) is 1.83. The van der Waals surface area contributed by atoms with Gasteiger partial charge in [-0.3, -0.25) is 4.79 Å². The lowest BCUT2D eigenvalue weighted by atomic mass is 10.1. The van der Waals surface area contributed by atoms with Crippen molar-refractivity contribution in [3.8, 4) is 0 Å². The molecule has 0 N–H and O–H groups in total. The van der Waals surface area contributed by atoms with E-state index in [4.69, 9.17) is 11.6 Å². The van der Waals surface area contributed by atoms with Crippen molar-refractivity contribution in [2.75, 3.05) is 37.0 Å². The zero-order chi connectivity index (χ0) is 17.6. The van der Waals surface area contributed by atoms with E-state index in [0.717, 1.165) is 36.0 Å². The average molecular weight is 383 g/mol. The number of anilines is 1. The molecule has 1 amide bonds. The molecule has 1 aliphatic heterocycles. The van der Waals surface area contributed by atoms with Crippen LogP contribution >= 0.6 is 23.1 Å². The minimum atomic E-state index is -0.242. The molecule has 0 saturated carbocycles. The zero-order valence-corrected chi connectivity index (χ0v) is 15.4. The lowest BCUT2D eigenvalue weighted by Crippen LogP contribution is -2.48. The van der Waals surface area contributed by atoms with Crippen LogP contribution < -0.4 is 4.90 Å². The Morgan fingerprint density at radius 3 is 2.60 bits per heavy atom. The van der Waals surface area contributed by atoms with Gasteiger partial charge in [-0.25, -0.2) is 9.37 Å². The van der Waals surface area contributed by atoms with Crippen LogP contribution in [0.1, 0.15) is 24.2 Å². The van der Waals surface area contributed by atoms with Gasteiger partial charge in [0.25, 0.3) is 0 Å². The first-order chi connectivity index (χ1) is 12.2. The van der Waals surface area contributed by atoms with Crippen LogP contribution in [0.5, 0.6) is 0 Å². The van der Waals surface area contributed by atoms with E-state index >= 15 is 0 Å². The Kier molecular flexibility index (Phi) is 6.20. The van der Waals surface area contributed by atoms with Gasteiger partial charge in [0.1, 0.15) is 11.6 Å². The fourth-order valence-electron chi connectivity index (χ4n) is 2.75. The Hall–Kier alpha value is -1.73. The highest BCUT2D eigenvalue weighted by Gasteiger charge is 2.22. The number of benzene rings is 1. The van der Waals surface area contributed by atoms with Gasteiger partial charge in [-0.05, 0) is 24.1 Å². The summed E-state index contributed by atoms with van der Waals surface area (Å²) in [5.41, 5.74) is 0.987. The monoisotopic (exact) mass is 382 g/mol. The van der Waals surface area contributed by atoms with E-state index in [9.17, 15) is 9.18 Å². The largest absolute Gasteiger partial charge is 0.343 e. The van der Waals surface area contributed by atoms with Crippen molar-refractivity contribution >= 4 is 34.2 Å². The molecule has 3 rings (SSSR count). The van der Waals surface area contributed by atoms with E-state index in [1.165, 1.54) is 23.7 Å². The lowest BCUT2D eigenvalue weighted by molar-refractivity contribution is -0.131. The van der Waals surface area contributed by atoms with Gasteiger partial charge in [-0.1, -0.05) is 12.1 Å². The first-order valence-electron chi connectivity index (χ1n) is 8.31. The van der Waals surface area contributed by atoms with Crippen LogP contribution in [0.2, 0.25) is 0 Å². The summed E-state index contributed by atoms with van der Waals surface area (Å²) < 4.78 is 17.4. The van der Waals surface area contributed by atoms with E-state index in [0.29, 0.717) is 31.8 Å². The molecular weight excluding hydrogens is 363 g/mol. The molecule has 0 atom stereocenters. The predicted octanol–water partition coefficient (Wildman–Crippen LogP) is 2.94. The van der Waals surface area contributed by atoms with Crippen LogP contribution in [0.4, 0.5) is 9.52 Å². The molecule has 0 spiro atoms. The van der Waals surface area contributed by atoms with Crippen LogP contribution in [0.15, 0.2) is 24.3 Å². The Bertz CT molecular complexity index is 701. The van der Waals surface area contributed by atoms with Crippen molar-refractivity contribution in [3.63, 3.8) is 0 Å². The van der Waals surface area contributed by atoms with Crippen LogP contribution in [0.25, 0.3) is 0 Å². The van der Waals surface area contributed by atoms with Crippen LogP contribution in [-0.4, -0.2) is 52.2 Å². The fourth-order valence-corrected chi connectivity index (χ4v) is 3.62. The molecule has 25 heavy (non-hydrogen) atoms. The molecule has 1 aromatic heterocycles. The standard InChI is InChI=1S/C17H20ClFN4OS/c18-7-1-2-16(24)22-8-10-23(11-9-22)17-20-15(21-25-17)12-13-3-5-14(19)6-4-13/h3-6H,1-2,7-12H2. The Morgan fingerprint density at radius 1 is 1.20 bits per heavy atom. The molecule has 0 bridgehead atoms. The summed E-state index contributed by atoms with van der Waals surface area (Å²) in [6, 6.07) is 6.40. The minimum absolute atomic E-state index is 0.176. The SMILES string of the molecule is O=C(CCCCl)N1CCN(c2nc(Cc3ccc(F)cc3)ns2)CC1. The molecule has 1 aliphatic rings. The maximum absolute atomic E-state index is 13.0. The van der Waals surface area contributed by atoms with E-state index in [-0.39, 0.29) is 11.7 Å². The van der Waals surface area contributed by atoms with Crippen molar-refractivity contribution in [3.05, 3.63) is 41.5 Å². The molecule has 1 fully saturated rings. The topological polar surface area (TPSA) is 49.3 Å². The second-order valence-electron chi connectivity index (χ2n) is 5.96. The highest BCUT2D eigenvalue weighted by Crippen LogP contribution is 2.21. The first kappa shape index (κ1) is 18.1. The quantitative estimate of drug-likeness (QED) is 0.721. The summed E-state index contributed by atoms with van der Waals surface area (Å²) in [4.78, 5) is 20.7. The van der Waals surface area contributed by atoms with E-state index in [1.807, 2.05) is 4.90 Å². The van der Waals surface area contributed by atoms with Gasteiger partial charge >= 0.3 is 0 Å². The number of hydrogen-bond donors (Lipinski definition) is 0. The predicted molar refractivity (Wildman–Crippen MR) is 97.9 cm³/mol. The number of aromatic nitrogens is 2. The van der Waals surface area contributed by atoms with Crippen molar-refractivity contribution < 1.29 is 9.18 Å². The molecule has 134 valence electrons. The Morgan fingerprint density at radius 2 is 1.92 bits per heavy atom. The van der Waals surface area contributed by atoms with Crippen LogP contribution in [-0.2, 0) is 11.2 Å². The van der Waals surface area contributed by atoms with Gasteiger partial charge in [0.05, 0.1) is 0 Å². The third kappa shape index (κ3) is 4.89. The second-order valence-corrected chi connectivity index (χ2v) is 7.07. The number of piperazine rings is 1. The smallest absolute Gasteiger partial charge is 0.222 e. The highest BCUT2D eigenvalue weighted by molar-refractivity contribution is 7.09. The van der Waals surface area contributed by atoms with Crippen molar-refractivity contribution in [2.24, 2.45) is 0 Å². The van der Waals surface area contributed by atoms with Crippen molar-refractivity contribution in [1.82, 2.24) is 14.3 Å². The number of nitrogens with zero attached hydrogens (tertiary/aromatic N) is 4. The molecule has 5 nitrogen and oxygen atoms in total. The summed E-state index contributed by atoms with van der Waals surface area (Å²) in [5, 5.41) is 0.880. The van der Waals surface area contributed by atoms with E-state index in [2.05, 4.69) is 14.3 Å². The Balaban J connectivity index is 1.53. The Labute approximate surface area is 155 Å². The second kappa shape index (κ2) is 8.58. The highest BCUT2D eigenvalue weighted by atomic mass is 35.5. The van der Waals surface area contributed by atoms with Crippen LogP contribution in [0, 0.1) is 5.82 Å². The van der Waals surface area contributed by atoms with Gasteiger partial charge in [-0.15, -0.1) is 11.6 Å². The maximum Gasteiger partial charge on any atom is 0.222 e. The third-order valence-corrected chi connectivity index (χ3v) is 5.24. The summed E-state index contributed by atoms with van der Waals surface area (Å²) >= 11 is 7.02. The third-order valence-electron chi connectivity index (χ3n) is 4.16. The van der Waals surface area contributed by atoms with Gasteiger partial charge in [0.15, 0.2) is 0 Å². The molecule has 1 saturated heterocycles. The number of alkyl halides is 1. The van der Waals surface area contributed by atoms with Crippen LogP contribution in [0.3, 0.4) is 0 Å². The van der Waals surface area contributed by atoms with Gasteiger partial charge in [-0.2, -0.15) is 4.37 Å². The molecule has 2 aromatic rings.